The highest BCUT2D eigenvalue weighted by atomic mass is 16.3. The summed E-state index contributed by atoms with van der Waals surface area (Å²) in [6.45, 7) is 0. The SMILES string of the molecule is O=C(N/N=C/c1cccc(O)c1O)C1C2CCCCC21. The minimum Gasteiger partial charge on any atom is -0.504 e. The second kappa shape index (κ2) is 5.15. The summed E-state index contributed by atoms with van der Waals surface area (Å²) in [6, 6.07) is 4.61. The third kappa shape index (κ3) is 2.35. The maximum atomic E-state index is 12.0. The van der Waals surface area contributed by atoms with Gasteiger partial charge in [0, 0.05) is 11.5 Å². The summed E-state index contributed by atoms with van der Waals surface area (Å²) in [5, 5.41) is 22.8. The Morgan fingerprint density at radius 2 is 1.95 bits per heavy atom. The molecule has 0 radical (unpaired) electrons. The lowest BCUT2D eigenvalue weighted by atomic mass is 10.0. The number of carbonyl (C=O) groups excluding carboxylic acids is 1. The first-order valence-electron chi connectivity index (χ1n) is 7.02. The van der Waals surface area contributed by atoms with E-state index < -0.39 is 0 Å². The number of hydrazone groups is 1. The Balaban J connectivity index is 1.58. The number of carbonyl (C=O) groups is 1. The average molecular weight is 274 g/mol. The number of hydrogen-bond acceptors (Lipinski definition) is 4. The number of benzene rings is 1. The molecule has 0 aliphatic heterocycles. The van der Waals surface area contributed by atoms with E-state index in [2.05, 4.69) is 10.5 Å². The zero-order valence-electron chi connectivity index (χ0n) is 11.1. The zero-order valence-corrected chi connectivity index (χ0v) is 11.1. The van der Waals surface area contributed by atoms with Crippen molar-refractivity contribution in [2.24, 2.45) is 22.9 Å². The van der Waals surface area contributed by atoms with Crippen LogP contribution in [-0.2, 0) is 4.79 Å². The molecule has 2 atom stereocenters. The summed E-state index contributed by atoms with van der Waals surface area (Å²) in [5.41, 5.74) is 2.91. The molecule has 20 heavy (non-hydrogen) atoms. The number of amides is 1. The van der Waals surface area contributed by atoms with Gasteiger partial charge >= 0.3 is 0 Å². The van der Waals surface area contributed by atoms with E-state index in [1.54, 1.807) is 12.1 Å². The van der Waals surface area contributed by atoms with Gasteiger partial charge in [0.2, 0.25) is 5.91 Å². The Hall–Kier alpha value is -2.04. The summed E-state index contributed by atoms with van der Waals surface area (Å²) in [5.74, 6) is 0.755. The van der Waals surface area contributed by atoms with Crippen molar-refractivity contribution in [3.8, 4) is 11.5 Å². The predicted octanol–water partition coefficient (Wildman–Crippen LogP) is 1.98. The molecule has 2 saturated carbocycles. The highest BCUT2D eigenvalue weighted by molar-refractivity contribution is 5.87. The third-order valence-electron chi connectivity index (χ3n) is 4.38. The van der Waals surface area contributed by atoms with Crippen molar-refractivity contribution in [2.75, 3.05) is 0 Å². The van der Waals surface area contributed by atoms with Gasteiger partial charge in [-0.1, -0.05) is 18.9 Å². The van der Waals surface area contributed by atoms with Crippen molar-refractivity contribution in [2.45, 2.75) is 25.7 Å². The lowest BCUT2D eigenvalue weighted by Crippen LogP contribution is -2.20. The van der Waals surface area contributed by atoms with Crippen LogP contribution in [-0.4, -0.2) is 22.3 Å². The van der Waals surface area contributed by atoms with Crippen LogP contribution >= 0.6 is 0 Å². The first-order chi connectivity index (χ1) is 9.68. The quantitative estimate of drug-likeness (QED) is 0.448. The summed E-state index contributed by atoms with van der Waals surface area (Å²) in [6.07, 6.45) is 6.11. The van der Waals surface area contributed by atoms with Crippen molar-refractivity contribution in [3.05, 3.63) is 23.8 Å². The van der Waals surface area contributed by atoms with Gasteiger partial charge in [0.05, 0.1) is 6.21 Å². The van der Waals surface area contributed by atoms with Crippen molar-refractivity contribution < 1.29 is 15.0 Å². The number of phenols is 2. The molecule has 5 nitrogen and oxygen atoms in total. The molecule has 106 valence electrons. The van der Waals surface area contributed by atoms with Gasteiger partial charge in [0.25, 0.3) is 0 Å². The molecule has 5 heteroatoms. The number of nitrogens with zero attached hydrogens (tertiary/aromatic N) is 1. The Labute approximate surface area is 117 Å². The molecule has 2 aliphatic rings. The summed E-state index contributed by atoms with van der Waals surface area (Å²) in [7, 11) is 0. The van der Waals surface area contributed by atoms with Crippen molar-refractivity contribution in [1.29, 1.82) is 0 Å². The van der Waals surface area contributed by atoms with E-state index in [4.69, 9.17) is 0 Å². The van der Waals surface area contributed by atoms with Gasteiger partial charge in [-0.15, -0.1) is 0 Å². The molecule has 3 N–H and O–H groups in total. The van der Waals surface area contributed by atoms with Crippen molar-refractivity contribution in [3.63, 3.8) is 0 Å². The topological polar surface area (TPSA) is 81.9 Å². The molecular formula is C15H18N2O3. The van der Waals surface area contributed by atoms with Crippen LogP contribution in [0.3, 0.4) is 0 Å². The predicted molar refractivity (Wildman–Crippen MR) is 74.4 cm³/mol. The molecular weight excluding hydrogens is 256 g/mol. The molecule has 0 bridgehead atoms. The fourth-order valence-electron chi connectivity index (χ4n) is 3.27. The van der Waals surface area contributed by atoms with Crippen LogP contribution < -0.4 is 5.43 Å². The molecule has 2 fully saturated rings. The number of rotatable bonds is 3. The van der Waals surface area contributed by atoms with E-state index in [1.807, 2.05) is 0 Å². The lowest BCUT2D eigenvalue weighted by Gasteiger charge is -2.04. The molecule has 0 saturated heterocycles. The van der Waals surface area contributed by atoms with E-state index in [9.17, 15) is 15.0 Å². The Bertz CT molecular complexity index is 544. The number of fused-ring (bicyclic) bond motifs is 1. The monoisotopic (exact) mass is 274 g/mol. The largest absolute Gasteiger partial charge is 0.504 e. The molecule has 0 heterocycles. The maximum Gasteiger partial charge on any atom is 0.243 e. The average Bonchev–Trinajstić information content (AvgIpc) is 3.18. The normalized spacial score (nSPS) is 28.1. The van der Waals surface area contributed by atoms with E-state index in [0.717, 1.165) is 12.8 Å². The summed E-state index contributed by atoms with van der Waals surface area (Å²) >= 11 is 0. The van der Waals surface area contributed by atoms with Gasteiger partial charge in [-0.2, -0.15) is 5.10 Å². The Kier molecular flexibility index (Phi) is 3.34. The molecule has 1 amide bonds. The van der Waals surface area contributed by atoms with Gasteiger partial charge in [-0.3, -0.25) is 4.79 Å². The van der Waals surface area contributed by atoms with Gasteiger partial charge in [-0.25, -0.2) is 5.43 Å². The lowest BCUT2D eigenvalue weighted by molar-refractivity contribution is -0.122. The molecule has 1 aromatic rings. The third-order valence-corrected chi connectivity index (χ3v) is 4.38. The summed E-state index contributed by atoms with van der Waals surface area (Å²) in [4.78, 5) is 12.0. The second-order valence-corrected chi connectivity index (χ2v) is 5.59. The molecule has 2 aliphatic carbocycles. The first-order valence-corrected chi connectivity index (χ1v) is 7.02. The van der Waals surface area contributed by atoms with Crippen LogP contribution in [0.2, 0.25) is 0 Å². The fourth-order valence-corrected chi connectivity index (χ4v) is 3.27. The fraction of sp³-hybridized carbons (Fsp3) is 0.467. The van der Waals surface area contributed by atoms with Gasteiger partial charge < -0.3 is 10.2 Å². The second-order valence-electron chi connectivity index (χ2n) is 5.59. The minimum atomic E-state index is -0.231. The zero-order chi connectivity index (χ0) is 14.1. The van der Waals surface area contributed by atoms with Crippen LogP contribution in [0.25, 0.3) is 0 Å². The van der Waals surface area contributed by atoms with Crippen LogP contribution in [0.4, 0.5) is 0 Å². The van der Waals surface area contributed by atoms with Crippen LogP contribution in [0, 0.1) is 17.8 Å². The number of phenolic OH excluding ortho intramolecular Hbond substituents is 2. The smallest absolute Gasteiger partial charge is 0.243 e. The summed E-state index contributed by atoms with van der Waals surface area (Å²) < 4.78 is 0. The standard InChI is InChI=1S/C15H18N2O3/c18-12-7-3-4-9(14(12)19)8-16-17-15(20)13-10-5-1-2-6-11(10)13/h3-4,7-8,10-11,13,18-19H,1-2,5-6H2,(H,17,20)/b16-8+. The van der Waals surface area contributed by atoms with E-state index in [0.29, 0.717) is 17.4 Å². The highest BCUT2D eigenvalue weighted by Gasteiger charge is 2.54. The van der Waals surface area contributed by atoms with E-state index in [-0.39, 0.29) is 23.3 Å². The Morgan fingerprint density at radius 1 is 1.25 bits per heavy atom. The molecule has 3 rings (SSSR count). The van der Waals surface area contributed by atoms with Gasteiger partial charge in [0.1, 0.15) is 0 Å². The van der Waals surface area contributed by atoms with Gasteiger partial charge in [0.15, 0.2) is 11.5 Å². The molecule has 2 unspecified atom stereocenters. The van der Waals surface area contributed by atoms with Crippen molar-refractivity contribution in [1.82, 2.24) is 5.43 Å². The maximum absolute atomic E-state index is 12.0. The van der Waals surface area contributed by atoms with Crippen LogP contribution in [0.5, 0.6) is 11.5 Å². The Morgan fingerprint density at radius 3 is 2.65 bits per heavy atom. The number of hydrogen-bond donors (Lipinski definition) is 3. The minimum absolute atomic E-state index is 0.0298. The number of nitrogens with one attached hydrogen (secondary N) is 1. The first kappa shape index (κ1) is 13.0. The number of aromatic hydroxyl groups is 2. The van der Waals surface area contributed by atoms with Crippen LogP contribution in [0.1, 0.15) is 31.2 Å². The van der Waals surface area contributed by atoms with E-state index in [1.165, 1.54) is 25.1 Å². The molecule has 0 aromatic heterocycles. The van der Waals surface area contributed by atoms with Gasteiger partial charge in [-0.05, 0) is 36.8 Å². The molecule has 1 aromatic carbocycles. The van der Waals surface area contributed by atoms with Crippen molar-refractivity contribution >= 4 is 12.1 Å². The van der Waals surface area contributed by atoms with Crippen LogP contribution in [0.15, 0.2) is 23.3 Å². The number of para-hydroxylation sites is 1. The molecule has 0 spiro atoms. The van der Waals surface area contributed by atoms with E-state index >= 15 is 0 Å². The highest BCUT2D eigenvalue weighted by Crippen LogP contribution is 2.55.